The normalized spacial score (nSPS) is 23.1. The lowest BCUT2D eigenvalue weighted by molar-refractivity contribution is -0.135. The largest absolute Gasteiger partial charge is 0.342 e. The molecular formula is C24H28ClN7O3S. The van der Waals surface area contributed by atoms with Crippen molar-refractivity contribution in [2.45, 2.75) is 54.0 Å². The first kappa shape index (κ1) is 24.9. The van der Waals surface area contributed by atoms with E-state index >= 15 is 0 Å². The minimum absolute atomic E-state index is 0.167. The monoisotopic (exact) mass is 529 g/mol. The molecule has 2 atom stereocenters. The maximum atomic E-state index is 13.3. The maximum Gasteiger partial charge on any atom is 0.322 e. The van der Waals surface area contributed by atoms with Crippen molar-refractivity contribution in [1.82, 2.24) is 14.6 Å². The molecule has 1 aromatic heterocycles. The third-order valence-electron chi connectivity index (χ3n) is 7.88. The molecule has 3 aliphatic rings. The lowest BCUT2D eigenvalue weighted by Gasteiger charge is -2.42. The number of anilines is 2. The molecule has 2 N–H and O–H groups in total. The molecule has 190 valence electrons. The number of nitrogens with zero attached hydrogens (tertiary/aromatic N) is 6. The first-order valence-electron chi connectivity index (χ1n) is 11.9. The van der Waals surface area contributed by atoms with Gasteiger partial charge in [0.15, 0.2) is 0 Å². The lowest BCUT2D eigenvalue weighted by Crippen LogP contribution is -2.48. The Bertz CT molecular complexity index is 1290. The third kappa shape index (κ3) is 3.93. The van der Waals surface area contributed by atoms with Gasteiger partial charge < -0.3 is 15.5 Å². The van der Waals surface area contributed by atoms with Gasteiger partial charge >= 0.3 is 6.47 Å². The number of halogens is 1. The van der Waals surface area contributed by atoms with Gasteiger partial charge in [-0.1, -0.05) is 29.8 Å². The van der Waals surface area contributed by atoms with E-state index in [0.29, 0.717) is 32.0 Å². The van der Waals surface area contributed by atoms with E-state index in [1.54, 1.807) is 37.0 Å². The SMILES string of the molecule is CN1[C@@H](C#N)c2c(ccc(Sc3cnc(N4CCC5(CCCC5N)CC4)n(C)c3=O)c2Cl)N1OC=O. The number of hydrogen-bond acceptors (Lipinski definition) is 10. The zero-order valence-electron chi connectivity index (χ0n) is 20.2. The zero-order chi connectivity index (χ0) is 25.6. The Labute approximate surface area is 218 Å². The summed E-state index contributed by atoms with van der Waals surface area (Å²) in [6.45, 7) is 1.96. The van der Waals surface area contributed by atoms with Gasteiger partial charge in [-0.15, -0.1) is 5.17 Å². The molecule has 2 fully saturated rings. The van der Waals surface area contributed by atoms with E-state index in [1.165, 1.54) is 34.8 Å². The van der Waals surface area contributed by atoms with Crippen LogP contribution in [0.15, 0.2) is 32.9 Å². The molecule has 1 saturated heterocycles. The molecule has 0 bridgehead atoms. The molecule has 0 amide bonds. The third-order valence-corrected chi connectivity index (χ3v) is 9.46. The van der Waals surface area contributed by atoms with E-state index < -0.39 is 6.04 Å². The summed E-state index contributed by atoms with van der Waals surface area (Å²) in [5.41, 5.74) is 7.50. The number of nitriles is 1. The number of aromatic nitrogens is 2. The van der Waals surface area contributed by atoms with Crippen LogP contribution in [0.5, 0.6) is 0 Å². The Kier molecular flexibility index (Phi) is 6.63. The predicted molar refractivity (Wildman–Crippen MR) is 137 cm³/mol. The number of nitrogens with two attached hydrogens (primary N) is 1. The fraction of sp³-hybridized carbons (Fsp3) is 0.500. The minimum Gasteiger partial charge on any atom is -0.342 e. The lowest BCUT2D eigenvalue weighted by atomic mass is 9.74. The summed E-state index contributed by atoms with van der Waals surface area (Å²) in [5.74, 6) is 0.652. The van der Waals surface area contributed by atoms with Gasteiger partial charge in [0.05, 0.1) is 22.2 Å². The van der Waals surface area contributed by atoms with Crippen molar-refractivity contribution >= 4 is 41.5 Å². The van der Waals surface area contributed by atoms with Gasteiger partial charge in [-0.25, -0.2) is 4.98 Å². The number of piperidine rings is 1. The molecule has 36 heavy (non-hydrogen) atoms. The van der Waals surface area contributed by atoms with Gasteiger partial charge in [0, 0.05) is 43.7 Å². The number of rotatable bonds is 5. The summed E-state index contributed by atoms with van der Waals surface area (Å²) in [6.07, 6.45) is 7.11. The molecule has 3 heterocycles. The molecule has 1 unspecified atom stereocenters. The van der Waals surface area contributed by atoms with Crippen LogP contribution >= 0.6 is 23.4 Å². The van der Waals surface area contributed by atoms with Crippen LogP contribution in [0.4, 0.5) is 11.6 Å². The molecule has 0 radical (unpaired) electrons. The molecule has 1 spiro atoms. The second kappa shape index (κ2) is 9.59. The van der Waals surface area contributed by atoms with Gasteiger partial charge in [0.25, 0.3) is 5.56 Å². The number of fused-ring (bicyclic) bond motifs is 1. The second-order valence-electron chi connectivity index (χ2n) is 9.63. The first-order chi connectivity index (χ1) is 17.3. The summed E-state index contributed by atoms with van der Waals surface area (Å²) < 4.78 is 1.59. The number of carbonyl (C=O) groups excluding carboxylic acids is 1. The molecule has 1 aliphatic carbocycles. The van der Waals surface area contributed by atoms with E-state index in [1.807, 2.05) is 0 Å². The van der Waals surface area contributed by atoms with Crippen LogP contribution in [0.25, 0.3) is 0 Å². The Morgan fingerprint density at radius 3 is 2.67 bits per heavy atom. The van der Waals surface area contributed by atoms with Crippen LogP contribution in [0.3, 0.4) is 0 Å². The van der Waals surface area contributed by atoms with E-state index in [0.717, 1.165) is 32.4 Å². The van der Waals surface area contributed by atoms with E-state index in [9.17, 15) is 14.9 Å². The zero-order valence-corrected chi connectivity index (χ0v) is 21.8. The Hall–Kier alpha value is -2.78. The topological polar surface area (TPSA) is 121 Å². The van der Waals surface area contributed by atoms with E-state index in [4.69, 9.17) is 22.2 Å². The fourth-order valence-corrected chi connectivity index (χ4v) is 7.07. The highest BCUT2D eigenvalue weighted by Crippen LogP contribution is 2.48. The van der Waals surface area contributed by atoms with Crippen molar-refractivity contribution in [2.24, 2.45) is 18.2 Å². The number of hydrogen-bond donors (Lipinski definition) is 1. The highest BCUT2D eigenvalue weighted by Gasteiger charge is 2.43. The van der Waals surface area contributed by atoms with Crippen LogP contribution in [0, 0.1) is 16.7 Å². The van der Waals surface area contributed by atoms with Crippen LogP contribution < -0.4 is 21.4 Å². The summed E-state index contributed by atoms with van der Waals surface area (Å²) >= 11 is 7.91. The van der Waals surface area contributed by atoms with Crippen molar-refractivity contribution in [3.8, 4) is 6.07 Å². The molecule has 1 saturated carbocycles. The first-order valence-corrected chi connectivity index (χ1v) is 13.1. The molecule has 1 aromatic carbocycles. The van der Waals surface area contributed by atoms with Gasteiger partial charge in [0.1, 0.15) is 11.7 Å². The Morgan fingerprint density at radius 1 is 1.28 bits per heavy atom. The van der Waals surface area contributed by atoms with Crippen LogP contribution in [-0.2, 0) is 16.7 Å². The second-order valence-corrected chi connectivity index (χ2v) is 11.1. The fourth-order valence-electron chi connectivity index (χ4n) is 5.79. The molecule has 10 nitrogen and oxygen atoms in total. The standard InChI is InChI=1S/C24H28ClN7O3S/c1-29-22(34)18(13-28-23(29)31-10-8-24(9-11-31)7-3-4-19(24)27)36-17-6-5-15-20(21(17)25)16(12-26)30(2)32(15)35-14-33/h5-6,13-14,16,19H,3-4,7-11,27H2,1-2H3/t16-,19?/m0/s1. The summed E-state index contributed by atoms with van der Waals surface area (Å²) in [5, 5.41) is 12.7. The van der Waals surface area contributed by atoms with Gasteiger partial charge in [-0.3, -0.25) is 14.2 Å². The Balaban J connectivity index is 1.39. The number of hydrazine groups is 1. The summed E-state index contributed by atoms with van der Waals surface area (Å²) in [4.78, 5) is 37.1. The summed E-state index contributed by atoms with van der Waals surface area (Å²) in [7, 11) is 3.36. The number of carbonyl (C=O) groups is 1. The molecule has 5 rings (SSSR count). The smallest absolute Gasteiger partial charge is 0.322 e. The quantitative estimate of drug-likeness (QED) is 0.578. The number of benzene rings is 1. The highest BCUT2D eigenvalue weighted by atomic mass is 35.5. The predicted octanol–water partition coefficient (Wildman–Crippen LogP) is 3.00. The van der Waals surface area contributed by atoms with Crippen molar-refractivity contribution in [1.29, 1.82) is 5.26 Å². The maximum absolute atomic E-state index is 13.3. The van der Waals surface area contributed by atoms with Crippen molar-refractivity contribution in [3.63, 3.8) is 0 Å². The van der Waals surface area contributed by atoms with E-state index in [-0.39, 0.29) is 23.5 Å². The Morgan fingerprint density at radius 2 is 2.03 bits per heavy atom. The van der Waals surface area contributed by atoms with Crippen molar-refractivity contribution in [3.05, 3.63) is 39.3 Å². The van der Waals surface area contributed by atoms with Gasteiger partial charge in [-0.2, -0.15) is 10.3 Å². The van der Waals surface area contributed by atoms with E-state index in [2.05, 4.69) is 16.0 Å². The van der Waals surface area contributed by atoms with Crippen molar-refractivity contribution < 1.29 is 9.63 Å². The average molecular weight is 530 g/mol. The average Bonchev–Trinajstić information content (AvgIpc) is 3.36. The van der Waals surface area contributed by atoms with Gasteiger partial charge in [0.2, 0.25) is 5.95 Å². The molecule has 2 aliphatic heterocycles. The molecular weight excluding hydrogens is 502 g/mol. The molecule has 2 aromatic rings. The highest BCUT2D eigenvalue weighted by molar-refractivity contribution is 7.99. The van der Waals surface area contributed by atoms with Crippen LogP contribution in [-0.4, -0.2) is 47.2 Å². The van der Waals surface area contributed by atoms with Crippen molar-refractivity contribution in [2.75, 3.05) is 30.2 Å². The van der Waals surface area contributed by atoms with Crippen LogP contribution in [0.1, 0.15) is 43.7 Å². The summed E-state index contributed by atoms with van der Waals surface area (Å²) in [6, 6.07) is 5.15. The molecule has 12 heteroatoms. The van der Waals surface area contributed by atoms with Gasteiger partial charge in [-0.05, 0) is 43.2 Å². The minimum atomic E-state index is -0.744. The van der Waals surface area contributed by atoms with Crippen LogP contribution in [0.2, 0.25) is 5.02 Å².